The minimum atomic E-state index is -0.445. The first-order valence-corrected chi connectivity index (χ1v) is 7.20. The minimum absolute atomic E-state index is 0.172. The van der Waals surface area contributed by atoms with E-state index >= 15 is 0 Å². The lowest BCUT2D eigenvalue weighted by molar-refractivity contribution is 0.103. The van der Waals surface area contributed by atoms with Gasteiger partial charge in [0.2, 0.25) is 0 Å². The third-order valence-electron chi connectivity index (χ3n) is 2.82. The van der Waals surface area contributed by atoms with Crippen molar-refractivity contribution >= 4 is 22.9 Å². The van der Waals surface area contributed by atoms with Crippen LogP contribution < -0.4 is 11.1 Å². The van der Waals surface area contributed by atoms with Crippen LogP contribution in [0.2, 0.25) is 0 Å². The highest BCUT2D eigenvalue weighted by Crippen LogP contribution is 2.23. The molecule has 3 N–H and O–H groups in total. The van der Waals surface area contributed by atoms with Gasteiger partial charge in [-0.1, -0.05) is 17.9 Å². The summed E-state index contributed by atoms with van der Waals surface area (Å²) < 4.78 is 13.7. The molecule has 0 aliphatic rings. The molecule has 0 radical (unpaired) electrons. The smallest absolute Gasteiger partial charge is 0.265 e. The summed E-state index contributed by atoms with van der Waals surface area (Å²) in [6.07, 6.45) is 0. The zero-order chi connectivity index (χ0) is 15.4. The number of nitrogens with one attached hydrogen (secondary N) is 1. The van der Waals surface area contributed by atoms with Crippen LogP contribution in [0.5, 0.6) is 0 Å². The van der Waals surface area contributed by atoms with Crippen molar-refractivity contribution in [3.63, 3.8) is 0 Å². The van der Waals surface area contributed by atoms with Gasteiger partial charge in [-0.25, -0.2) is 4.39 Å². The summed E-state index contributed by atoms with van der Waals surface area (Å²) >= 11 is 1.27. The van der Waals surface area contributed by atoms with Crippen LogP contribution in [0, 0.1) is 31.5 Å². The summed E-state index contributed by atoms with van der Waals surface area (Å²) in [6, 6.07) is 6.43. The van der Waals surface area contributed by atoms with Gasteiger partial charge in [-0.3, -0.25) is 4.79 Å². The van der Waals surface area contributed by atoms with Gasteiger partial charge in [0.25, 0.3) is 5.91 Å². The average Bonchev–Trinajstić information content (AvgIpc) is 2.81. The molecule has 108 valence electrons. The van der Waals surface area contributed by atoms with E-state index in [0.717, 1.165) is 16.0 Å². The Kier molecular flexibility index (Phi) is 4.73. The van der Waals surface area contributed by atoms with E-state index in [4.69, 9.17) is 5.73 Å². The van der Waals surface area contributed by atoms with Gasteiger partial charge in [-0.05, 0) is 43.2 Å². The normalized spacial score (nSPS) is 9.90. The van der Waals surface area contributed by atoms with E-state index in [0.29, 0.717) is 4.88 Å². The second-order valence-electron chi connectivity index (χ2n) is 4.57. The van der Waals surface area contributed by atoms with E-state index in [9.17, 15) is 9.18 Å². The number of carbonyl (C=O) groups excluding carboxylic acids is 1. The highest BCUT2D eigenvalue weighted by molar-refractivity contribution is 7.14. The zero-order valence-electron chi connectivity index (χ0n) is 11.8. The van der Waals surface area contributed by atoms with E-state index in [2.05, 4.69) is 17.2 Å². The first kappa shape index (κ1) is 15.2. The Morgan fingerprint density at radius 3 is 2.81 bits per heavy atom. The molecule has 0 spiro atoms. The fourth-order valence-electron chi connectivity index (χ4n) is 1.75. The van der Waals surface area contributed by atoms with Gasteiger partial charge in [-0.2, -0.15) is 0 Å². The predicted octanol–water partition coefficient (Wildman–Crippen LogP) is 3.07. The Balaban J connectivity index is 2.21. The standard InChI is InChI=1S/C16H15FN2OS/c1-10-5-6-13(12(17)8-10)19-16(20)15-9-11(2)14(21-15)4-3-7-18/h5-6,8-9H,7,18H2,1-2H3,(H,19,20). The lowest BCUT2D eigenvalue weighted by Crippen LogP contribution is -2.11. The second-order valence-corrected chi connectivity index (χ2v) is 5.62. The maximum atomic E-state index is 13.7. The van der Waals surface area contributed by atoms with Crippen LogP contribution in [0.15, 0.2) is 24.3 Å². The highest BCUT2D eigenvalue weighted by atomic mass is 32.1. The van der Waals surface area contributed by atoms with Crippen molar-refractivity contribution in [2.24, 2.45) is 5.73 Å². The number of aryl methyl sites for hydroxylation is 2. The summed E-state index contributed by atoms with van der Waals surface area (Å²) in [5, 5.41) is 2.57. The van der Waals surface area contributed by atoms with Gasteiger partial charge < -0.3 is 11.1 Å². The average molecular weight is 302 g/mol. The number of hydrogen-bond acceptors (Lipinski definition) is 3. The molecule has 21 heavy (non-hydrogen) atoms. The van der Waals surface area contributed by atoms with Crippen LogP contribution in [0.4, 0.5) is 10.1 Å². The van der Waals surface area contributed by atoms with E-state index in [1.165, 1.54) is 17.4 Å². The first-order valence-electron chi connectivity index (χ1n) is 6.38. The molecule has 0 unspecified atom stereocenters. The lowest BCUT2D eigenvalue weighted by atomic mass is 10.2. The Morgan fingerprint density at radius 2 is 2.14 bits per heavy atom. The first-order chi connectivity index (χ1) is 10.0. The van der Waals surface area contributed by atoms with Crippen LogP contribution in [0.3, 0.4) is 0 Å². The molecule has 5 heteroatoms. The molecule has 2 rings (SSSR count). The van der Waals surface area contributed by atoms with Gasteiger partial charge in [0.15, 0.2) is 0 Å². The molecule has 0 aliphatic heterocycles. The SMILES string of the molecule is Cc1ccc(NC(=O)c2cc(C)c(C#CCN)s2)c(F)c1. The van der Waals surface area contributed by atoms with Gasteiger partial charge in [0.1, 0.15) is 5.82 Å². The molecule has 1 aromatic carbocycles. The second kappa shape index (κ2) is 6.53. The molecular weight excluding hydrogens is 287 g/mol. The van der Waals surface area contributed by atoms with Crippen molar-refractivity contribution < 1.29 is 9.18 Å². The van der Waals surface area contributed by atoms with Gasteiger partial charge in [-0.15, -0.1) is 11.3 Å². The summed E-state index contributed by atoms with van der Waals surface area (Å²) in [5.41, 5.74) is 7.22. The van der Waals surface area contributed by atoms with Crippen molar-refractivity contribution in [3.05, 3.63) is 51.0 Å². The monoisotopic (exact) mass is 302 g/mol. The van der Waals surface area contributed by atoms with Crippen molar-refractivity contribution in [3.8, 4) is 11.8 Å². The zero-order valence-corrected chi connectivity index (χ0v) is 12.6. The number of nitrogens with two attached hydrogens (primary N) is 1. The number of rotatable bonds is 2. The van der Waals surface area contributed by atoms with Gasteiger partial charge >= 0.3 is 0 Å². The fraction of sp³-hybridized carbons (Fsp3) is 0.188. The van der Waals surface area contributed by atoms with Crippen LogP contribution in [-0.4, -0.2) is 12.5 Å². The maximum absolute atomic E-state index is 13.7. The number of amides is 1. The molecule has 1 amide bonds. The molecule has 0 atom stereocenters. The van der Waals surface area contributed by atoms with E-state index in [-0.39, 0.29) is 18.1 Å². The quantitative estimate of drug-likeness (QED) is 0.838. The van der Waals surface area contributed by atoms with Crippen LogP contribution >= 0.6 is 11.3 Å². The van der Waals surface area contributed by atoms with E-state index < -0.39 is 5.82 Å². The molecule has 0 fully saturated rings. The Bertz CT molecular complexity index is 740. The third-order valence-corrected chi connectivity index (χ3v) is 3.97. The largest absolute Gasteiger partial charge is 0.320 e. The number of hydrogen-bond donors (Lipinski definition) is 2. The molecule has 0 saturated carbocycles. The lowest BCUT2D eigenvalue weighted by Gasteiger charge is -2.05. The molecule has 0 bridgehead atoms. The van der Waals surface area contributed by atoms with Crippen LogP contribution in [0.1, 0.15) is 25.7 Å². The number of carbonyl (C=O) groups is 1. The minimum Gasteiger partial charge on any atom is -0.320 e. The molecule has 2 aromatic rings. The van der Waals surface area contributed by atoms with Crippen LogP contribution in [-0.2, 0) is 0 Å². The molecule has 1 heterocycles. The number of halogens is 1. The van der Waals surface area contributed by atoms with Gasteiger partial charge in [0, 0.05) is 0 Å². The predicted molar refractivity (Wildman–Crippen MR) is 84.1 cm³/mol. The number of thiophene rings is 1. The summed E-state index contributed by atoms with van der Waals surface area (Å²) in [5.74, 6) is 4.89. The highest BCUT2D eigenvalue weighted by Gasteiger charge is 2.13. The Labute approximate surface area is 127 Å². The summed E-state index contributed by atoms with van der Waals surface area (Å²) in [7, 11) is 0. The topological polar surface area (TPSA) is 55.1 Å². The summed E-state index contributed by atoms with van der Waals surface area (Å²) in [4.78, 5) is 13.4. The van der Waals surface area contributed by atoms with E-state index in [1.54, 1.807) is 25.1 Å². The molecular formula is C16H15FN2OS. The Morgan fingerprint density at radius 1 is 1.38 bits per heavy atom. The van der Waals surface area contributed by atoms with Crippen molar-refractivity contribution in [1.29, 1.82) is 0 Å². The molecule has 0 aliphatic carbocycles. The fourth-order valence-corrected chi connectivity index (χ4v) is 2.70. The van der Waals surface area contributed by atoms with Crippen molar-refractivity contribution in [2.75, 3.05) is 11.9 Å². The molecule has 3 nitrogen and oxygen atoms in total. The summed E-state index contributed by atoms with van der Waals surface area (Å²) in [6.45, 7) is 3.94. The van der Waals surface area contributed by atoms with Crippen LogP contribution in [0.25, 0.3) is 0 Å². The van der Waals surface area contributed by atoms with E-state index in [1.807, 2.05) is 6.92 Å². The van der Waals surface area contributed by atoms with Crippen molar-refractivity contribution in [1.82, 2.24) is 0 Å². The van der Waals surface area contributed by atoms with Crippen molar-refractivity contribution in [2.45, 2.75) is 13.8 Å². The third kappa shape index (κ3) is 3.69. The number of anilines is 1. The Hall–Kier alpha value is -2.16. The number of benzene rings is 1. The van der Waals surface area contributed by atoms with Gasteiger partial charge in [0.05, 0.1) is 22.0 Å². The molecule has 1 aromatic heterocycles. The maximum Gasteiger partial charge on any atom is 0.265 e. The molecule has 0 saturated heterocycles.